The highest BCUT2D eigenvalue weighted by atomic mass is 16.3. The molecule has 6 nitrogen and oxygen atoms in total. The van der Waals surface area contributed by atoms with Crippen molar-refractivity contribution in [3.05, 3.63) is 60.1 Å². The summed E-state index contributed by atoms with van der Waals surface area (Å²) in [7, 11) is 1.82. The molecule has 24 heavy (non-hydrogen) atoms. The van der Waals surface area contributed by atoms with Crippen molar-refractivity contribution in [3.63, 3.8) is 0 Å². The van der Waals surface area contributed by atoms with Gasteiger partial charge in [-0.2, -0.15) is 0 Å². The van der Waals surface area contributed by atoms with Crippen molar-refractivity contribution in [1.29, 1.82) is 0 Å². The molecule has 0 saturated carbocycles. The number of hydrogen-bond donors (Lipinski definition) is 2. The average Bonchev–Trinajstić information content (AvgIpc) is 3.21. The molecule has 6 heteroatoms. The van der Waals surface area contributed by atoms with E-state index in [0.717, 1.165) is 5.56 Å². The van der Waals surface area contributed by atoms with Crippen LogP contribution < -0.4 is 10.6 Å². The van der Waals surface area contributed by atoms with Gasteiger partial charge < -0.3 is 20.0 Å². The quantitative estimate of drug-likeness (QED) is 0.885. The molecular weight excluding hydrogens is 306 g/mol. The van der Waals surface area contributed by atoms with Crippen LogP contribution in [0.2, 0.25) is 0 Å². The van der Waals surface area contributed by atoms with Gasteiger partial charge in [-0.25, -0.2) is 4.79 Å². The first kappa shape index (κ1) is 16.1. The number of carbonyl (C=O) groups excluding carboxylic acids is 2. The monoisotopic (exact) mass is 327 g/mol. The molecule has 1 aliphatic heterocycles. The first-order valence-electron chi connectivity index (χ1n) is 8.00. The van der Waals surface area contributed by atoms with Crippen LogP contribution in [0, 0.1) is 5.92 Å². The highest BCUT2D eigenvalue weighted by molar-refractivity contribution is 5.80. The van der Waals surface area contributed by atoms with Gasteiger partial charge in [0, 0.05) is 25.9 Å². The Bertz CT molecular complexity index is 685. The SMILES string of the molecule is CN1C(=O)C[C@@H](CNC(=O)NCc2ccco2)[C@H]1c1ccccc1. The van der Waals surface area contributed by atoms with Gasteiger partial charge in [0.25, 0.3) is 0 Å². The summed E-state index contributed by atoms with van der Waals surface area (Å²) in [6.45, 7) is 0.782. The molecule has 126 valence electrons. The molecule has 0 radical (unpaired) electrons. The van der Waals surface area contributed by atoms with Gasteiger partial charge in [-0.1, -0.05) is 30.3 Å². The van der Waals surface area contributed by atoms with E-state index in [-0.39, 0.29) is 23.9 Å². The zero-order chi connectivity index (χ0) is 16.9. The fourth-order valence-electron chi connectivity index (χ4n) is 3.15. The summed E-state index contributed by atoms with van der Waals surface area (Å²) in [4.78, 5) is 25.8. The minimum atomic E-state index is -0.264. The number of furan rings is 1. The summed E-state index contributed by atoms with van der Waals surface area (Å²) in [5, 5.41) is 5.60. The van der Waals surface area contributed by atoms with E-state index < -0.39 is 0 Å². The molecule has 2 N–H and O–H groups in total. The molecule has 0 unspecified atom stereocenters. The van der Waals surface area contributed by atoms with Crippen molar-refractivity contribution in [3.8, 4) is 0 Å². The number of amides is 3. The minimum absolute atomic E-state index is 0.0101. The molecule has 1 aromatic carbocycles. The third kappa shape index (κ3) is 3.59. The number of likely N-dealkylation sites (tertiary alicyclic amines) is 1. The summed E-state index contributed by atoms with van der Waals surface area (Å²) in [6.07, 6.45) is 2.01. The molecule has 1 fully saturated rings. The smallest absolute Gasteiger partial charge is 0.315 e. The van der Waals surface area contributed by atoms with Crippen molar-refractivity contribution < 1.29 is 14.0 Å². The molecular formula is C18H21N3O3. The maximum absolute atomic E-state index is 12.1. The largest absolute Gasteiger partial charge is 0.467 e. The molecule has 2 atom stereocenters. The lowest BCUT2D eigenvalue weighted by atomic mass is 9.94. The van der Waals surface area contributed by atoms with Crippen LogP contribution in [0.25, 0.3) is 0 Å². The van der Waals surface area contributed by atoms with Gasteiger partial charge in [0.15, 0.2) is 0 Å². The Kier molecular flexibility index (Phi) is 4.84. The Morgan fingerprint density at radius 2 is 2.00 bits per heavy atom. The molecule has 0 bridgehead atoms. The molecule has 1 aromatic heterocycles. The maximum atomic E-state index is 12.1. The standard InChI is InChI=1S/C18H21N3O3/c1-21-16(22)10-14(17(21)13-6-3-2-4-7-13)11-19-18(23)20-12-15-8-5-9-24-15/h2-9,14,17H,10-12H2,1H3,(H2,19,20,23)/t14-,17+/m0/s1. The van der Waals surface area contributed by atoms with E-state index in [1.165, 1.54) is 0 Å². The number of nitrogens with one attached hydrogen (secondary N) is 2. The number of urea groups is 1. The van der Waals surface area contributed by atoms with Crippen LogP contribution >= 0.6 is 0 Å². The number of carbonyl (C=O) groups is 2. The van der Waals surface area contributed by atoms with Crippen molar-refractivity contribution >= 4 is 11.9 Å². The van der Waals surface area contributed by atoms with Crippen molar-refractivity contribution in [1.82, 2.24) is 15.5 Å². The molecule has 3 amide bonds. The molecule has 2 aromatic rings. The van der Waals surface area contributed by atoms with Crippen LogP contribution in [-0.4, -0.2) is 30.4 Å². The Morgan fingerprint density at radius 3 is 2.71 bits per heavy atom. The van der Waals surface area contributed by atoms with E-state index in [9.17, 15) is 9.59 Å². The number of hydrogen-bond acceptors (Lipinski definition) is 3. The summed E-state index contributed by atoms with van der Waals surface area (Å²) in [5.41, 5.74) is 1.09. The zero-order valence-corrected chi connectivity index (χ0v) is 13.6. The first-order chi connectivity index (χ1) is 11.6. The fraction of sp³-hybridized carbons (Fsp3) is 0.333. The van der Waals surface area contributed by atoms with Gasteiger partial charge in [0.2, 0.25) is 5.91 Å². The number of nitrogens with zero attached hydrogens (tertiary/aromatic N) is 1. The van der Waals surface area contributed by atoms with E-state index in [1.807, 2.05) is 37.4 Å². The van der Waals surface area contributed by atoms with E-state index in [4.69, 9.17) is 4.42 Å². The highest BCUT2D eigenvalue weighted by Crippen LogP contribution is 2.36. The lowest BCUT2D eigenvalue weighted by Gasteiger charge is -2.25. The van der Waals surface area contributed by atoms with Crippen molar-refractivity contribution in [2.75, 3.05) is 13.6 Å². The Morgan fingerprint density at radius 1 is 1.21 bits per heavy atom. The van der Waals surface area contributed by atoms with Gasteiger partial charge in [-0.3, -0.25) is 4.79 Å². The number of rotatable bonds is 5. The summed E-state index contributed by atoms with van der Waals surface area (Å²) in [6, 6.07) is 13.2. The van der Waals surface area contributed by atoms with Crippen molar-refractivity contribution in [2.45, 2.75) is 19.0 Å². The Balaban J connectivity index is 1.57. The molecule has 2 heterocycles. The first-order valence-corrected chi connectivity index (χ1v) is 8.00. The van der Waals surface area contributed by atoms with Crippen LogP contribution in [0.4, 0.5) is 4.79 Å². The molecule has 3 rings (SSSR count). The van der Waals surface area contributed by atoms with Crippen LogP contribution in [0.1, 0.15) is 23.8 Å². The van der Waals surface area contributed by atoms with Crippen LogP contribution in [0.3, 0.4) is 0 Å². The third-order valence-corrected chi connectivity index (χ3v) is 4.36. The van der Waals surface area contributed by atoms with Crippen LogP contribution in [0.15, 0.2) is 53.1 Å². The van der Waals surface area contributed by atoms with Gasteiger partial charge >= 0.3 is 6.03 Å². The predicted molar refractivity (Wildman–Crippen MR) is 89.0 cm³/mol. The van der Waals surface area contributed by atoms with E-state index in [2.05, 4.69) is 10.6 Å². The lowest BCUT2D eigenvalue weighted by molar-refractivity contribution is -0.127. The fourth-order valence-corrected chi connectivity index (χ4v) is 3.15. The van der Waals surface area contributed by atoms with Crippen LogP contribution in [-0.2, 0) is 11.3 Å². The van der Waals surface area contributed by atoms with E-state index >= 15 is 0 Å². The summed E-state index contributed by atoms with van der Waals surface area (Å²) < 4.78 is 5.17. The highest BCUT2D eigenvalue weighted by Gasteiger charge is 2.38. The molecule has 0 aliphatic carbocycles. The lowest BCUT2D eigenvalue weighted by Crippen LogP contribution is -2.39. The zero-order valence-electron chi connectivity index (χ0n) is 13.6. The Labute approximate surface area is 140 Å². The topological polar surface area (TPSA) is 74.6 Å². The second kappa shape index (κ2) is 7.21. The second-order valence-corrected chi connectivity index (χ2v) is 5.97. The molecule has 1 aliphatic rings. The second-order valence-electron chi connectivity index (χ2n) is 5.97. The summed E-state index contributed by atoms with van der Waals surface area (Å²) >= 11 is 0. The maximum Gasteiger partial charge on any atom is 0.315 e. The summed E-state index contributed by atoms with van der Waals surface area (Å²) in [5.74, 6) is 0.856. The Hall–Kier alpha value is -2.76. The van der Waals surface area contributed by atoms with E-state index in [0.29, 0.717) is 25.3 Å². The van der Waals surface area contributed by atoms with Crippen molar-refractivity contribution in [2.24, 2.45) is 5.92 Å². The van der Waals surface area contributed by atoms with Crippen LogP contribution in [0.5, 0.6) is 0 Å². The average molecular weight is 327 g/mol. The molecule has 1 saturated heterocycles. The van der Waals surface area contributed by atoms with Gasteiger partial charge in [-0.05, 0) is 17.7 Å². The van der Waals surface area contributed by atoms with Gasteiger partial charge in [0.05, 0.1) is 18.8 Å². The third-order valence-electron chi connectivity index (χ3n) is 4.36. The van der Waals surface area contributed by atoms with E-state index in [1.54, 1.807) is 23.3 Å². The van der Waals surface area contributed by atoms with Gasteiger partial charge in [-0.15, -0.1) is 0 Å². The predicted octanol–water partition coefficient (Wildman–Crippen LogP) is 2.30. The normalized spacial score (nSPS) is 20.2. The molecule has 0 spiro atoms. The van der Waals surface area contributed by atoms with Gasteiger partial charge in [0.1, 0.15) is 5.76 Å². The number of benzene rings is 1. The minimum Gasteiger partial charge on any atom is -0.467 e.